The molecule has 0 amide bonds. The van der Waals surface area contributed by atoms with E-state index in [4.69, 9.17) is 14.0 Å². The number of nitrogens with one attached hydrogen (secondary N) is 2. The molecule has 2 rings (SSSR count). The first kappa shape index (κ1) is 24.1. The quantitative estimate of drug-likeness (QED) is 0.306. The average Bonchev–Trinajstić information content (AvgIpc) is 3.14. The fourth-order valence-electron chi connectivity index (χ4n) is 2.60. The number of benzene rings is 1. The standard InChI is InChI=1S/C20H30N4O3.HI/c1-6-16-12-17(27-24-16)13-22-20(21-5)23-14(4)15-9-10-18(25-7-2)19(11-15)26-8-3;/h9-12,14H,6-8,13H2,1-5H3,(H2,21,22,23);1H. The third-order valence-electron chi connectivity index (χ3n) is 4.04. The molecule has 28 heavy (non-hydrogen) atoms. The van der Waals surface area contributed by atoms with Crippen molar-refractivity contribution < 1.29 is 14.0 Å². The third kappa shape index (κ3) is 6.88. The molecular formula is C20H31IN4O3. The summed E-state index contributed by atoms with van der Waals surface area (Å²) >= 11 is 0. The average molecular weight is 502 g/mol. The Morgan fingerprint density at radius 1 is 1.14 bits per heavy atom. The molecule has 1 aromatic heterocycles. The Morgan fingerprint density at radius 2 is 1.86 bits per heavy atom. The van der Waals surface area contributed by atoms with Gasteiger partial charge in [0.2, 0.25) is 0 Å². The first-order valence-electron chi connectivity index (χ1n) is 9.42. The minimum absolute atomic E-state index is 0. The van der Waals surface area contributed by atoms with Crippen LogP contribution < -0.4 is 20.1 Å². The fourth-order valence-corrected chi connectivity index (χ4v) is 2.60. The summed E-state index contributed by atoms with van der Waals surface area (Å²) in [6.45, 7) is 9.75. The van der Waals surface area contributed by atoms with E-state index in [1.54, 1.807) is 7.05 Å². The van der Waals surface area contributed by atoms with Gasteiger partial charge in [0.05, 0.1) is 31.5 Å². The van der Waals surface area contributed by atoms with Gasteiger partial charge in [-0.25, -0.2) is 0 Å². The lowest BCUT2D eigenvalue weighted by molar-refractivity contribution is 0.287. The second-order valence-electron chi connectivity index (χ2n) is 6.00. The van der Waals surface area contributed by atoms with Gasteiger partial charge in [-0.3, -0.25) is 4.99 Å². The maximum absolute atomic E-state index is 5.71. The highest BCUT2D eigenvalue weighted by Crippen LogP contribution is 2.30. The highest BCUT2D eigenvalue weighted by Gasteiger charge is 2.13. The number of guanidine groups is 1. The number of aromatic nitrogens is 1. The van der Waals surface area contributed by atoms with Crippen LogP contribution in [0.3, 0.4) is 0 Å². The van der Waals surface area contributed by atoms with Crippen molar-refractivity contribution >= 4 is 29.9 Å². The smallest absolute Gasteiger partial charge is 0.191 e. The molecule has 0 radical (unpaired) electrons. The zero-order valence-corrected chi connectivity index (χ0v) is 19.6. The number of aliphatic imine (C=N–C) groups is 1. The Morgan fingerprint density at radius 3 is 2.46 bits per heavy atom. The Labute approximate surface area is 184 Å². The summed E-state index contributed by atoms with van der Waals surface area (Å²) in [5.41, 5.74) is 2.03. The monoisotopic (exact) mass is 502 g/mol. The van der Waals surface area contributed by atoms with Crippen molar-refractivity contribution in [2.75, 3.05) is 20.3 Å². The number of ether oxygens (including phenoxy) is 2. The predicted molar refractivity (Wildman–Crippen MR) is 122 cm³/mol. The summed E-state index contributed by atoms with van der Waals surface area (Å²) in [5.74, 6) is 2.98. The van der Waals surface area contributed by atoms with Crippen LogP contribution >= 0.6 is 24.0 Å². The minimum Gasteiger partial charge on any atom is -0.490 e. The molecule has 0 saturated heterocycles. The van der Waals surface area contributed by atoms with Crippen LogP contribution in [-0.2, 0) is 13.0 Å². The number of nitrogens with zero attached hydrogens (tertiary/aromatic N) is 2. The van der Waals surface area contributed by atoms with Gasteiger partial charge in [-0.15, -0.1) is 24.0 Å². The summed E-state index contributed by atoms with van der Waals surface area (Å²) in [5, 5.41) is 10.6. The van der Waals surface area contributed by atoms with Crippen LogP contribution in [0.1, 0.15) is 50.8 Å². The van der Waals surface area contributed by atoms with Crippen LogP contribution in [0.4, 0.5) is 0 Å². The molecule has 0 aliphatic rings. The molecule has 0 spiro atoms. The Hall–Kier alpha value is -1.97. The molecule has 0 saturated carbocycles. The van der Waals surface area contributed by atoms with E-state index in [1.807, 2.05) is 45.0 Å². The normalized spacial score (nSPS) is 12.1. The van der Waals surface area contributed by atoms with E-state index in [0.717, 1.165) is 34.9 Å². The molecule has 1 heterocycles. The molecule has 0 bridgehead atoms. The maximum Gasteiger partial charge on any atom is 0.191 e. The second-order valence-corrected chi connectivity index (χ2v) is 6.00. The van der Waals surface area contributed by atoms with Crippen molar-refractivity contribution in [3.05, 3.63) is 41.3 Å². The molecule has 156 valence electrons. The van der Waals surface area contributed by atoms with Gasteiger partial charge in [0, 0.05) is 13.1 Å². The van der Waals surface area contributed by atoms with Crippen molar-refractivity contribution in [1.29, 1.82) is 0 Å². The molecule has 2 N–H and O–H groups in total. The number of hydrogen-bond acceptors (Lipinski definition) is 5. The SMILES string of the molecule is CCOc1ccc(C(C)NC(=NC)NCc2cc(CC)no2)cc1OCC.I. The topological polar surface area (TPSA) is 80.9 Å². The van der Waals surface area contributed by atoms with E-state index >= 15 is 0 Å². The van der Waals surface area contributed by atoms with Crippen LogP contribution in [0.25, 0.3) is 0 Å². The van der Waals surface area contributed by atoms with E-state index in [9.17, 15) is 0 Å². The van der Waals surface area contributed by atoms with Crippen molar-refractivity contribution in [3.8, 4) is 11.5 Å². The van der Waals surface area contributed by atoms with Gasteiger partial charge in [-0.2, -0.15) is 0 Å². The van der Waals surface area contributed by atoms with Gasteiger partial charge in [-0.05, 0) is 44.9 Å². The fraction of sp³-hybridized carbons (Fsp3) is 0.500. The van der Waals surface area contributed by atoms with E-state index < -0.39 is 0 Å². The molecule has 1 unspecified atom stereocenters. The number of halogens is 1. The molecule has 7 nitrogen and oxygen atoms in total. The van der Waals surface area contributed by atoms with Gasteiger partial charge < -0.3 is 24.6 Å². The van der Waals surface area contributed by atoms with Gasteiger partial charge in [0.25, 0.3) is 0 Å². The van der Waals surface area contributed by atoms with E-state index in [2.05, 4.69) is 27.7 Å². The predicted octanol–water partition coefficient (Wildman–Crippen LogP) is 4.08. The van der Waals surface area contributed by atoms with Gasteiger partial charge in [0.1, 0.15) is 0 Å². The number of aryl methyl sites for hydroxylation is 1. The Bertz CT molecular complexity index is 749. The molecule has 2 aromatic rings. The highest BCUT2D eigenvalue weighted by atomic mass is 127. The zero-order valence-electron chi connectivity index (χ0n) is 17.2. The summed E-state index contributed by atoms with van der Waals surface area (Å²) < 4.78 is 16.6. The summed E-state index contributed by atoms with van der Waals surface area (Å²) in [7, 11) is 1.74. The van der Waals surface area contributed by atoms with Crippen molar-refractivity contribution in [2.45, 2.75) is 46.7 Å². The molecule has 0 aliphatic carbocycles. The third-order valence-corrected chi connectivity index (χ3v) is 4.04. The molecular weight excluding hydrogens is 471 g/mol. The van der Waals surface area contributed by atoms with Gasteiger partial charge in [-0.1, -0.05) is 18.1 Å². The Balaban J connectivity index is 0.00000392. The maximum atomic E-state index is 5.71. The lowest BCUT2D eigenvalue weighted by Crippen LogP contribution is -2.38. The lowest BCUT2D eigenvalue weighted by Gasteiger charge is -2.19. The molecule has 1 aromatic carbocycles. The first-order chi connectivity index (χ1) is 13.1. The van der Waals surface area contributed by atoms with E-state index in [-0.39, 0.29) is 30.0 Å². The molecule has 8 heteroatoms. The summed E-state index contributed by atoms with van der Waals surface area (Å²) in [4.78, 5) is 4.28. The second kappa shape index (κ2) is 12.5. The first-order valence-corrected chi connectivity index (χ1v) is 9.42. The minimum atomic E-state index is 0. The lowest BCUT2D eigenvalue weighted by atomic mass is 10.1. The van der Waals surface area contributed by atoms with Crippen LogP contribution in [0.2, 0.25) is 0 Å². The Kier molecular flexibility index (Phi) is 10.7. The van der Waals surface area contributed by atoms with Crippen LogP contribution in [0.15, 0.2) is 33.8 Å². The molecule has 0 fully saturated rings. The van der Waals surface area contributed by atoms with Crippen molar-refractivity contribution in [3.63, 3.8) is 0 Å². The van der Waals surface area contributed by atoms with E-state index in [1.165, 1.54) is 0 Å². The summed E-state index contributed by atoms with van der Waals surface area (Å²) in [6.07, 6.45) is 0.855. The molecule has 0 aliphatic heterocycles. The van der Waals surface area contributed by atoms with Crippen molar-refractivity contribution in [2.24, 2.45) is 4.99 Å². The largest absolute Gasteiger partial charge is 0.490 e. The highest BCUT2D eigenvalue weighted by molar-refractivity contribution is 14.0. The van der Waals surface area contributed by atoms with Crippen LogP contribution in [0.5, 0.6) is 11.5 Å². The van der Waals surface area contributed by atoms with Crippen molar-refractivity contribution in [1.82, 2.24) is 15.8 Å². The van der Waals surface area contributed by atoms with Gasteiger partial charge >= 0.3 is 0 Å². The zero-order chi connectivity index (χ0) is 19.6. The number of hydrogen-bond donors (Lipinski definition) is 2. The molecule has 1 atom stereocenters. The van der Waals surface area contributed by atoms with Gasteiger partial charge in [0.15, 0.2) is 23.2 Å². The van der Waals surface area contributed by atoms with Crippen LogP contribution in [-0.4, -0.2) is 31.4 Å². The number of rotatable bonds is 9. The summed E-state index contributed by atoms with van der Waals surface area (Å²) in [6, 6.07) is 7.96. The van der Waals surface area contributed by atoms with Crippen LogP contribution in [0, 0.1) is 0 Å². The van der Waals surface area contributed by atoms with E-state index in [0.29, 0.717) is 25.7 Å².